The molecule has 1 aliphatic carbocycles. The zero-order valence-electron chi connectivity index (χ0n) is 13.5. The second-order valence-corrected chi connectivity index (χ2v) is 6.63. The van der Waals surface area contributed by atoms with Crippen LogP contribution in [0.15, 0.2) is 6.20 Å². The van der Waals surface area contributed by atoms with Crippen LogP contribution in [0.4, 0.5) is 0 Å². The first-order chi connectivity index (χ1) is 9.72. The summed E-state index contributed by atoms with van der Waals surface area (Å²) in [5, 5.41) is 8.30. The Hall–Kier alpha value is -0.830. The number of hydrogen-bond acceptors (Lipinski definition) is 2. The summed E-state index contributed by atoms with van der Waals surface area (Å²) in [4.78, 5) is 0. The minimum Gasteiger partial charge on any atom is -0.312 e. The lowest BCUT2D eigenvalue weighted by molar-refractivity contribution is 0.321. The van der Waals surface area contributed by atoms with Crippen molar-refractivity contribution in [1.82, 2.24) is 15.1 Å². The van der Waals surface area contributed by atoms with E-state index < -0.39 is 0 Å². The lowest BCUT2D eigenvalue weighted by atomic mass is 9.95. The summed E-state index contributed by atoms with van der Waals surface area (Å²) >= 11 is 0. The molecule has 1 heterocycles. The van der Waals surface area contributed by atoms with Crippen molar-refractivity contribution < 1.29 is 0 Å². The van der Waals surface area contributed by atoms with Crippen molar-refractivity contribution >= 4 is 0 Å². The molecule has 0 bridgehead atoms. The maximum Gasteiger partial charge on any atom is 0.0537 e. The maximum absolute atomic E-state index is 4.73. The van der Waals surface area contributed by atoms with Crippen LogP contribution in [-0.2, 0) is 13.0 Å². The van der Waals surface area contributed by atoms with Gasteiger partial charge in [0.05, 0.1) is 12.2 Å². The Balaban J connectivity index is 2.05. The van der Waals surface area contributed by atoms with Crippen molar-refractivity contribution in [2.45, 2.75) is 78.3 Å². The molecule has 1 aromatic rings. The highest BCUT2D eigenvalue weighted by molar-refractivity contribution is 5.18. The summed E-state index contributed by atoms with van der Waals surface area (Å²) < 4.78 is 2.36. The summed E-state index contributed by atoms with van der Waals surface area (Å²) in [6.07, 6.45) is 11.3. The van der Waals surface area contributed by atoms with Gasteiger partial charge in [-0.2, -0.15) is 5.10 Å². The highest BCUT2D eigenvalue weighted by Gasteiger charge is 2.20. The molecule has 1 N–H and O–H groups in total. The molecule has 20 heavy (non-hydrogen) atoms. The van der Waals surface area contributed by atoms with E-state index in [1.54, 1.807) is 0 Å². The summed E-state index contributed by atoms with van der Waals surface area (Å²) in [6.45, 7) is 8.83. The highest BCUT2D eigenvalue weighted by Crippen LogP contribution is 2.29. The first-order valence-corrected chi connectivity index (χ1v) is 8.48. The Morgan fingerprint density at radius 3 is 2.70 bits per heavy atom. The molecule has 2 rings (SSSR count). The van der Waals surface area contributed by atoms with Crippen LogP contribution in [0.5, 0.6) is 0 Å². The topological polar surface area (TPSA) is 29.9 Å². The fraction of sp³-hybridized carbons (Fsp3) is 0.824. The molecule has 3 nitrogen and oxygen atoms in total. The summed E-state index contributed by atoms with van der Waals surface area (Å²) in [7, 11) is 0. The first kappa shape index (κ1) is 15.6. The van der Waals surface area contributed by atoms with Gasteiger partial charge in [-0.25, -0.2) is 0 Å². The Morgan fingerprint density at radius 2 is 2.05 bits per heavy atom. The van der Waals surface area contributed by atoms with Crippen molar-refractivity contribution in [3.05, 3.63) is 17.5 Å². The fourth-order valence-electron chi connectivity index (χ4n) is 3.22. The minimum atomic E-state index is 0.657. The van der Waals surface area contributed by atoms with Crippen LogP contribution in [0, 0.1) is 5.92 Å². The lowest BCUT2D eigenvalue weighted by Gasteiger charge is -2.24. The van der Waals surface area contributed by atoms with E-state index in [-0.39, 0.29) is 0 Å². The van der Waals surface area contributed by atoms with Gasteiger partial charge < -0.3 is 5.32 Å². The maximum atomic E-state index is 4.73. The van der Waals surface area contributed by atoms with E-state index in [9.17, 15) is 0 Å². The summed E-state index contributed by atoms with van der Waals surface area (Å²) in [6, 6.07) is 0.657. The largest absolute Gasteiger partial charge is 0.312 e. The van der Waals surface area contributed by atoms with E-state index >= 15 is 0 Å². The molecule has 0 saturated heterocycles. The van der Waals surface area contributed by atoms with E-state index in [0.717, 1.165) is 19.5 Å². The molecular formula is C17H31N3. The molecule has 1 aliphatic rings. The highest BCUT2D eigenvalue weighted by atomic mass is 15.3. The average Bonchev–Trinajstić information content (AvgIpc) is 2.83. The van der Waals surface area contributed by atoms with Crippen LogP contribution >= 0.6 is 0 Å². The second kappa shape index (κ2) is 7.82. The SMILES string of the molecule is CCCc1c(CNCC(C)C)cnn1C1CCCCC1. The third kappa shape index (κ3) is 4.08. The van der Waals surface area contributed by atoms with Crippen LogP contribution in [0.2, 0.25) is 0 Å². The monoisotopic (exact) mass is 277 g/mol. The molecule has 0 atom stereocenters. The molecule has 0 unspecified atom stereocenters. The molecule has 0 spiro atoms. The van der Waals surface area contributed by atoms with Crippen molar-refractivity contribution in [3.63, 3.8) is 0 Å². The van der Waals surface area contributed by atoms with Crippen LogP contribution in [0.1, 0.15) is 76.6 Å². The number of rotatable bonds is 7. The average molecular weight is 277 g/mol. The van der Waals surface area contributed by atoms with Gasteiger partial charge in [0, 0.05) is 17.8 Å². The number of aromatic nitrogens is 2. The van der Waals surface area contributed by atoms with Crippen LogP contribution < -0.4 is 5.32 Å². The molecule has 3 heteroatoms. The van der Waals surface area contributed by atoms with Crippen molar-refractivity contribution in [2.75, 3.05) is 6.54 Å². The van der Waals surface area contributed by atoms with Gasteiger partial charge in [-0.05, 0) is 31.7 Å². The van der Waals surface area contributed by atoms with E-state index in [2.05, 4.69) is 37.0 Å². The van der Waals surface area contributed by atoms with Gasteiger partial charge in [-0.1, -0.05) is 46.5 Å². The quantitative estimate of drug-likeness (QED) is 0.813. The van der Waals surface area contributed by atoms with Gasteiger partial charge in [0.1, 0.15) is 0 Å². The van der Waals surface area contributed by atoms with Gasteiger partial charge >= 0.3 is 0 Å². The summed E-state index contributed by atoms with van der Waals surface area (Å²) in [5.41, 5.74) is 2.90. The molecule has 1 aromatic heterocycles. The molecule has 0 aromatic carbocycles. The van der Waals surface area contributed by atoms with E-state index in [0.29, 0.717) is 12.0 Å². The third-order valence-electron chi connectivity index (χ3n) is 4.26. The molecule has 0 radical (unpaired) electrons. The summed E-state index contributed by atoms with van der Waals surface area (Å²) in [5.74, 6) is 0.706. The second-order valence-electron chi connectivity index (χ2n) is 6.63. The van der Waals surface area contributed by atoms with Crippen molar-refractivity contribution in [3.8, 4) is 0 Å². The Bertz CT molecular complexity index is 389. The third-order valence-corrected chi connectivity index (χ3v) is 4.26. The van der Waals surface area contributed by atoms with Gasteiger partial charge in [-0.3, -0.25) is 4.68 Å². The first-order valence-electron chi connectivity index (χ1n) is 8.48. The van der Waals surface area contributed by atoms with Crippen LogP contribution in [0.25, 0.3) is 0 Å². The van der Waals surface area contributed by atoms with Crippen LogP contribution in [0.3, 0.4) is 0 Å². The van der Waals surface area contributed by atoms with Gasteiger partial charge in [0.15, 0.2) is 0 Å². The van der Waals surface area contributed by atoms with Crippen molar-refractivity contribution in [1.29, 1.82) is 0 Å². The van der Waals surface area contributed by atoms with E-state index in [1.165, 1.54) is 49.8 Å². The fourth-order valence-corrected chi connectivity index (χ4v) is 3.22. The standard InChI is InChI=1S/C17H31N3/c1-4-8-17-15(12-18-11-14(2)3)13-19-20(17)16-9-6-5-7-10-16/h13-14,16,18H,4-12H2,1-3H3. The van der Waals surface area contributed by atoms with Crippen LogP contribution in [-0.4, -0.2) is 16.3 Å². The van der Waals surface area contributed by atoms with Crippen molar-refractivity contribution in [2.24, 2.45) is 5.92 Å². The van der Waals surface area contributed by atoms with E-state index in [4.69, 9.17) is 5.10 Å². The minimum absolute atomic E-state index is 0.657. The van der Waals surface area contributed by atoms with Gasteiger partial charge in [0.25, 0.3) is 0 Å². The molecule has 1 saturated carbocycles. The number of nitrogens with zero attached hydrogens (tertiary/aromatic N) is 2. The zero-order chi connectivity index (χ0) is 14.4. The van der Waals surface area contributed by atoms with Gasteiger partial charge in [-0.15, -0.1) is 0 Å². The molecule has 114 valence electrons. The number of hydrogen-bond donors (Lipinski definition) is 1. The predicted molar refractivity (Wildman–Crippen MR) is 84.9 cm³/mol. The lowest BCUT2D eigenvalue weighted by Crippen LogP contribution is -2.21. The Morgan fingerprint density at radius 1 is 1.30 bits per heavy atom. The molecule has 0 aliphatic heterocycles. The zero-order valence-corrected chi connectivity index (χ0v) is 13.5. The molecule has 1 fully saturated rings. The smallest absolute Gasteiger partial charge is 0.0537 e. The normalized spacial score (nSPS) is 17.0. The van der Waals surface area contributed by atoms with E-state index in [1.807, 2.05) is 0 Å². The Kier molecular flexibility index (Phi) is 6.08. The number of nitrogens with one attached hydrogen (secondary N) is 1. The Labute approximate surface area is 124 Å². The van der Waals surface area contributed by atoms with Gasteiger partial charge in [0.2, 0.25) is 0 Å². The molecular weight excluding hydrogens is 246 g/mol. The predicted octanol–water partition coefficient (Wildman–Crippen LogP) is 4.09. The molecule has 0 amide bonds.